The van der Waals surface area contributed by atoms with Crippen LogP contribution >= 0.6 is 0 Å². The largest absolute Gasteiger partial charge is 0.357 e. The van der Waals surface area contributed by atoms with E-state index in [9.17, 15) is 4.39 Å². The Morgan fingerprint density at radius 3 is 2.34 bits per heavy atom. The van der Waals surface area contributed by atoms with E-state index in [1.165, 1.54) is 35.3 Å². The van der Waals surface area contributed by atoms with E-state index in [-0.39, 0.29) is 17.2 Å². The van der Waals surface area contributed by atoms with Crippen LogP contribution in [-0.4, -0.2) is 6.21 Å². The van der Waals surface area contributed by atoms with Gasteiger partial charge in [0.15, 0.2) is 0 Å². The lowest BCUT2D eigenvalue weighted by Crippen LogP contribution is -2.27. The molecule has 1 N–H and O–H groups in total. The van der Waals surface area contributed by atoms with E-state index in [1.807, 2.05) is 20.8 Å². The predicted octanol–water partition coefficient (Wildman–Crippen LogP) is 9.52. The molecular formula is C32H45FN2. The molecule has 2 nitrogen and oxygen atoms in total. The minimum Gasteiger partial charge on any atom is -0.357 e. The van der Waals surface area contributed by atoms with E-state index >= 15 is 0 Å². The maximum Gasteiger partial charge on any atom is 0.120 e. The number of aryl methyl sites for hydroxylation is 1. The van der Waals surface area contributed by atoms with E-state index in [1.54, 1.807) is 6.21 Å². The zero-order valence-corrected chi connectivity index (χ0v) is 23.4. The van der Waals surface area contributed by atoms with Gasteiger partial charge < -0.3 is 5.32 Å². The number of hydrogen-bond acceptors (Lipinski definition) is 2. The topological polar surface area (TPSA) is 24.4 Å². The smallest absolute Gasteiger partial charge is 0.120 e. The fraction of sp³-hybridized carbons (Fsp3) is 0.438. The van der Waals surface area contributed by atoms with Gasteiger partial charge in [0.25, 0.3) is 0 Å². The average molecular weight is 477 g/mol. The number of nitrogens with zero attached hydrogens (tertiary/aromatic N) is 1. The highest BCUT2D eigenvalue weighted by atomic mass is 19.1. The third-order valence-corrected chi connectivity index (χ3v) is 7.08. The maximum atomic E-state index is 13.7. The van der Waals surface area contributed by atoms with Gasteiger partial charge in [-0.2, -0.15) is 0 Å². The molecule has 0 aliphatic carbocycles. The summed E-state index contributed by atoms with van der Waals surface area (Å²) in [5, 5.41) is 3.12. The molecule has 0 saturated heterocycles. The summed E-state index contributed by atoms with van der Waals surface area (Å²) in [5.74, 6) is -0.145. The number of nitrogens with one attached hydrogen (secondary N) is 1. The van der Waals surface area contributed by atoms with Gasteiger partial charge in [-0.05, 0) is 88.3 Å². The zero-order valence-electron chi connectivity index (χ0n) is 23.4. The van der Waals surface area contributed by atoms with E-state index in [0.29, 0.717) is 5.70 Å². The summed E-state index contributed by atoms with van der Waals surface area (Å²) >= 11 is 0. The van der Waals surface area contributed by atoms with Gasteiger partial charge in [0.05, 0.1) is 11.4 Å². The molecule has 0 heterocycles. The Morgan fingerprint density at radius 2 is 1.89 bits per heavy atom. The minimum absolute atomic E-state index is 0.0249. The van der Waals surface area contributed by atoms with Gasteiger partial charge in [0, 0.05) is 23.2 Å². The highest BCUT2D eigenvalue weighted by Crippen LogP contribution is 2.41. The number of benzene rings is 1. The first kappa shape index (κ1) is 30.1. The summed E-state index contributed by atoms with van der Waals surface area (Å²) in [5.41, 5.74) is 11.3. The van der Waals surface area contributed by atoms with Crippen molar-refractivity contribution >= 4 is 6.21 Å². The third kappa shape index (κ3) is 7.29. The number of hydrogen-bond donors (Lipinski definition) is 1. The second kappa shape index (κ2) is 13.9. The SMILES string of the molecule is C=C=C(C)C(CC)(CCC)c1ccc(C(C)/C=C(N=CC)\C(C)=C(/C)N/C(C=C)=C(/C)F)cc1C. The first-order chi connectivity index (χ1) is 16.5. The molecule has 2 unspecified atom stereocenters. The average Bonchev–Trinajstić information content (AvgIpc) is 2.84. The molecule has 0 amide bonds. The van der Waals surface area contributed by atoms with Gasteiger partial charge in [0.1, 0.15) is 5.83 Å². The molecule has 0 aromatic heterocycles. The van der Waals surface area contributed by atoms with Crippen LogP contribution in [0, 0.1) is 6.92 Å². The van der Waals surface area contributed by atoms with E-state index in [0.717, 1.165) is 36.2 Å². The molecule has 1 aromatic rings. The van der Waals surface area contributed by atoms with Gasteiger partial charge in [0.2, 0.25) is 0 Å². The number of aliphatic imine (C=N–C) groups is 1. The highest BCUT2D eigenvalue weighted by molar-refractivity contribution is 5.57. The van der Waals surface area contributed by atoms with Crippen LogP contribution in [0.25, 0.3) is 0 Å². The summed E-state index contributed by atoms with van der Waals surface area (Å²) in [6.07, 6.45) is 8.66. The summed E-state index contributed by atoms with van der Waals surface area (Å²) < 4.78 is 13.7. The van der Waals surface area contributed by atoms with Crippen LogP contribution in [0.5, 0.6) is 0 Å². The maximum absolute atomic E-state index is 13.7. The first-order valence-electron chi connectivity index (χ1n) is 12.6. The van der Waals surface area contributed by atoms with E-state index in [4.69, 9.17) is 0 Å². The zero-order chi connectivity index (χ0) is 26.8. The monoisotopic (exact) mass is 476 g/mol. The second-order valence-electron chi connectivity index (χ2n) is 9.32. The van der Waals surface area contributed by atoms with Crippen molar-refractivity contribution in [3.8, 4) is 0 Å². The fourth-order valence-electron chi connectivity index (χ4n) is 4.76. The normalized spacial score (nSPS) is 16.1. The summed E-state index contributed by atoms with van der Waals surface area (Å²) in [6, 6.07) is 6.83. The Kier molecular flexibility index (Phi) is 11.9. The Bertz CT molecular complexity index is 1070. The number of allylic oxidation sites excluding steroid dienone is 6. The van der Waals surface area contributed by atoms with Crippen molar-refractivity contribution in [3.63, 3.8) is 0 Å². The van der Waals surface area contributed by atoms with Crippen molar-refractivity contribution < 1.29 is 4.39 Å². The molecule has 1 aromatic carbocycles. The minimum atomic E-state index is -0.298. The molecule has 0 aliphatic rings. The van der Waals surface area contributed by atoms with Gasteiger partial charge >= 0.3 is 0 Å². The number of halogens is 1. The summed E-state index contributed by atoms with van der Waals surface area (Å²) in [7, 11) is 0. The van der Waals surface area contributed by atoms with Crippen LogP contribution < -0.4 is 5.32 Å². The number of rotatable bonds is 12. The van der Waals surface area contributed by atoms with Gasteiger partial charge in [-0.3, -0.25) is 4.99 Å². The predicted molar refractivity (Wildman–Crippen MR) is 153 cm³/mol. The second-order valence-corrected chi connectivity index (χ2v) is 9.32. The Morgan fingerprint density at radius 1 is 1.23 bits per heavy atom. The molecule has 0 spiro atoms. The molecule has 0 aliphatic heterocycles. The molecule has 35 heavy (non-hydrogen) atoms. The van der Waals surface area contributed by atoms with Crippen LogP contribution in [0.4, 0.5) is 4.39 Å². The third-order valence-electron chi connectivity index (χ3n) is 7.08. The van der Waals surface area contributed by atoms with Crippen LogP contribution in [0.1, 0.15) is 97.3 Å². The first-order valence-corrected chi connectivity index (χ1v) is 12.6. The lowest BCUT2D eigenvalue weighted by atomic mass is 9.68. The van der Waals surface area contributed by atoms with Gasteiger partial charge in [-0.1, -0.05) is 64.6 Å². The summed E-state index contributed by atoms with van der Waals surface area (Å²) in [6.45, 7) is 25.9. The van der Waals surface area contributed by atoms with Crippen molar-refractivity contribution in [1.29, 1.82) is 0 Å². The van der Waals surface area contributed by atoms with Crippen LogP contribution in [0.3, 0.4) is 0 Å². The molecule has 0 bridgehead atoms. The quantitative estimate of drug-likeness (QED) is 0.181. The molecule has 190 valence electrons. The van der Waals surface area contributed by atoms with Crippen molar-refractivity contribution in [1.82, 2.24) is 5.32 Å². The van der Waals surface area contributed by atoms with Crippen LogP contribution in [0.15, 0.2) is 88.3 Å². The van der Waals surface area contributed by atoms with Crippen LogP contribution in [0.2, 0.25) is 0 Å². The molecule has 0 radical (unpaired) electrons. The van der Waals surface area contributed by atoms with Gasteiger partial charge in [-0.15, -0.1) is 5.73 Å². The van der Waals surface area contributed by atoms with Crippen LogP contribution in [-0.2, 0) is 5.41 Å². The molecule has 2 atom stereocenters. The molecule has 1 rings (SSSR count). The van der Waals surface area contributed by atoms with E-state index < -0.39 is 0 Å². The Balaban J connectivity index is 3.50. The standard InChI is InChI=1S/C32H45FN2/c1-12-19-32(15-4,24(8)13-2)29-18-17-28(20-23(29)7)22(6)21-31(34-16-5)25(9)27(11)35-30(14-3)26(10)33/h14,16-18,20-22,35H,2-3,12,15,19H2,1,4-11H3/b27-25+,30-26-,31-21+,34-16?. The fourth-order valence-corrected chi connectivity index (χ4v) is 4.76. The summed E-state index contributed by atoms with van der Waals surface area (Å²) in [4.78, 5) is 4.62. The Hall–Kier alpha value is -2.90. The highest BCUT2D eigenvalue weighted by Gasteiger charge is 2.32. The van der Waals surface area contributed by atoms with Crippen molar-refractivity contribution in [3.05, 3.63) is 100.0 Å². The lowest BCUT2D eigenvalue weighted by molar-refractivity contribution is 0.439. The molecular weight excluding hydrogens is 431 g/mol. The molecule has 0 fully saturated rings. The van der Waals surface area contributed by atoms with E-state index in [2.05, 4.69) is 88.1 Å². The lowest BCUT2D eigenvalue weighted by Gasteiger charge is -2.35. The van der Waals surface area contributed by atoms with Crippen molar-refractivity contribution in [2.45, 2.75) is 92.9 Å². The van der Waals surface area contributed by atoms with Gasteiger partial charge in [-0.25, -0.2) is 4.39 Å². The van der Waals surface area contributed by atoms with Crippen molar-refractivity contribution in [2.24, 2.45) is 4.99 Å². The molecule has 3 heteroatoms. The molecule has 0 saturated carbocycles. The van der Waals surface area contributed by atoms with Crippen molar-refractivity contribution in [2.75, 3.05) is 0 Å². The Labute approximate surface area is 213 Å².